The summed E-state index contributed by atoms with van der Waals surface area (Å²) >= 11 is 0. The standard InChI is InChI=1S/C15H22N6/c1-9-7-10(2)17-14-12(9)13(16-3)19-15(20-14)18-11-5-6-21(4)8-11/h7,11H,5-6,8H2,1-4H3,(H2,16,17,18,19,20). The maximum atomic E-state index is 4.61. The quantitative estimate of drug-likeness (QED) is 0.897. The second-order valence-electron chi connectivity index (χ2n) is 5.82. The van der Waals surface area contributed by atoms with Gasteiger partial charge >= 0.3 is 0 Å². The number of fused-ring (bicyclic) bond motifs is 1. The Morgan fingerprint density at radius 2 is 2.05 bits per heavy atom. The van der Waals surface area contributed by atoms with E-state index in [4.69, 9.17) is 0 Å². The van der Waals surface area contributed by atoms with E-state index >= 15 is 0 Å². The predicted molar refractivity (Wildman–Crippen MR) is 85.9 cm³/mol. The molecular formula is C15H22N6. The van der Waals surface area contributed by atoms with E-state index in [1.165, 1.54) is 0 Å². The Morgan fingerprint density at radius 1 is 1.24 bits per heavy atom. The summed E-state index contributed by atoms with van der Waals surface area (Å²) in [4.78, 5) is 16.1. The van der Waals surface area contributed by atoms with Gasteiger partial charge in [-0.05, 0) is 45.5 Å². The first-order valence-electron chi connectivity index (χ1n) is 7.35. The second kappa shape index (κ2) is 5.44. The van der Waals surface area contributed by atoms with Crippen molar-refractivity contribution in [2.45, 2.75) is 26.3 Å². The van der Waals surface area contributed by atoms with Gasteiger partial charge in [-0.15, -0.1) is 0 Å². The van der Waals surface area contributed by atoms with Crippen LogP contribution in [0.15, 0.2) is 6.07 Å². The van der Waals surface area contributed by atoms with E-state index in [1.54, 1.807) is 0 Å². The number of nitrogens with one attached hydrogen (secondary N) is 2. The van der Waals surface area contributed by atoms with Crippen molar-refractivity contribution in [2.75, 3.05) is 37.8 Å². The zero-order valence-corrected chi connectivity index (χ0v) is 13.1. The number of hydrogen-bond donors (Lipinski definition) is 2. The van der Waals surface area contributed by atoms with Crippen LogP contribution in [0.1, 0.15) is 17.7 Å². The number of aromatic nitrogens is 3. The molecule has 112 valence electrons. The summed E-state index contributed by atoms with van der Waals surface area (Å²) in [5.74, 6) is 1.49. The van der Waals surface area contributed by atoms with Crippen molar-refractivity contribution in [2.24, 2.45) is 0 Å². The fourth-order valence-electron chi connectivity index (χ4n) is 2.96. The Kier molecular flexibility index (Phi) is 3.63. The number of likely N-dealkylation sites (N-methyl/N-ethyl adjacent to an activating group) is 1. The molecule has 1 aliphatic rings. The van der Waals surface area contributed by atoms with Gasteiger partial charge in [0.15, 0.2) is 5.65 Å². The number of rotatable bonds is 3. The van der Waals surface area contributed by atoms with Crippen molar-refractivity contribution in [1.82, 2.24) is 19.9 Å². The van der Waals surface area contributed by atoms with Crippen LogP contribution in [0.5, 0.6) is 0 Å². The molecule has 1 unspecified atom stereocenters. The molecule has 3 rings (SSSR count). The number of nitrogens with zero attached hydrogens (tertiary/aromatic N) is 4. The van der Waals surface area contributed by atoms with E-state index < -0.39 is 0 Å². The molecule has 0 radical (unpaired) electrons. The molecule has 3 heterocycles. The van der Waals surface area contributed by atoms with Gasteiger partial charge in [-0.3, -0.25) is 0 Å². The molecule has 0 spiro atoms. The topological polar surface area (TPSA) is 66.0 Å². The first kappa shape index (κ1) is 14.0. The highest BCUT2D eigenvalue weighted by atomic mass is 15.2. The van der Waals surface area contributed by atoms with Crippen LogP contribution in [0, 0.1) is 13.8 Å². The summed E-state index contributed by atoms with van der Waals surface area (Å²) in [6, 6.07) is 2.47. The number of likely N-dealkylation sites (tertiary alicyclic amines) is 1. The third-order valence-corrected chi connectivity index (χ3v) is 3.95. The van der Waals surface area contributed by atoms with E-state index in [2.05, 4.69) is 50.5 Å². The van der Waals surface area contributed by atoms with Crippen molar-refractivity contribution in [3.8, 4) is 0 Å². The smallest absolute Gasteiger partial charge is 0.226 e. The molecule has 0 aliphatic carbocycles. The lowest BCUT2D eigenvalue weighted by molar-refractivity contribution is 0.414. The van der Waals surface area contributed by atoms with Gasteiger partial charge in [0.1, 0.15) is 5.82 Å². The van der Waals surface area contributed by atoms with E-state index in [0.717, 1.165) is 47.6 Å². The van der Waals surface area contributed by atoms with Crippen LogP contribution in [0.4, 0.5) is 11.8 Å². The van der Waals surface area contributed by atoms with Crippen LogP contribution in [-0.4, -0.2) is 53.1 Å². The minimum absolute atomic E-state index is 0.406. The summed E-state index contributed by atoms with van der Waals surface area (Å²) in [6.45, 7) is 6.20. The van der Waals surface area contributed by atoms with Crippen molar-refractivity contribution < 1.29 is 0 Å². The van der Waals surface area contributed by atoms with E-state index in [9.17, 15) is 0 Å². The van der Waals surface area contributed by atoms with Gasteiger partial charge in [0.05, 0.1) is 5.39 Å². The zero-order chi connectivity index (χ0) is 15.0. The van der Waals surface area contributed by atoms with E-state index in [-0.39, 0.29) is 0 Å². The molecule has 1 fully saturated rings. The Labute approximate surface area is 125 Å². The summed E-state index contributed by atoms with van der Waals surface area (Å²) < 4.78 is 0. The van der Waals surface area contributed by atoms with Crippen molar-refractivity contribution in [1.29, 1.82) is 0 Å². The van der Waals surface area contributed by atoms with Gasteiger partial charge < -0.3 is 15.5 Å². The largest absolute Gasteiger partial charge is 0.372 e. The minimum Gasteiger partial charge on any atom is -0.372 e. The minimum atomic E-state index is 0.406. The van der Waals surface area contributed by atoms with Crippen molar-refractivity contribution in [3.05, 3.63) is 17.3 Å². The van der Waals surface area contributed by atoms with Gasteiger partial charge in [-0.2, -0.15) is 9.97 Å². The number of pyridine rings is 1. The molecule has 0 amide bonds. The molecule has 1 atom stereocenters. The molecule has 6 nitrogen and oxygen atoms in total. The highest BCUT2D eigenvalue weighted by Gasteiger charge is 2.21. The normalized spacial score (nSPS) is 19.1. The van der Waals surface area contributed by atoms with Crippen LogP contribution < -0.4 is 10.6 Å². The molecule has 1 saturated heterocycles. The van der Waals surface area contributed by atoms with Crippen LogP contribution >= 0.6 is 0 Å². The molecule has 0 saturated carbocycles. The molecule has 2 aromatic rings. The van der Waals surface area contributed by atoms with E-state index in [1.807, 2.05) is 14.0 Å². The summed E-state index contributed by atoms with van der Waals surface area (Å²) in [5.41, 5.74) is 2.88. The van der Waals surface area contributed by atoms with Gasteiger partial charge in [-0.1, -0.05) is 0 Å². The lowest BCUT2D eigenvalue weighted by atomic mass is 10.1. The van der Waals surface area contributed by atoms with Gasteiger partial charge in [-0.25, -0.2) is 4.98 Å². The summed E-state index contributed by atoms with van der Waals surface area (Å²) in [5, 5.41) is 7.59. The van der Waals surface area contributed by atoms with Crippen LogP contribution in [0.3, 0.4) is 0 Å². The van der Waals surface area contributed by atoms with Crippen LogP contribution in [-0.2, 0) is 0 Å². The zero-order valence-electron chi connectivity index (χ0n) is 13.1. The highest BCUT2D eigenvalue weighted by molar-refractivity contribution is 5.90. The number of anilines is 2. The summed E-state index contributed by atoms with van der Waals surface area (Å²) in [7, 11) is 4.02. The maximum absolute atomic E-state index is 4.61. The monoisotopic (exact) mass is 286 g/mol. The maximum Gasteiger partial charge on any atom is 0.226 e. The molecule has 0 bridgehead atoms. The lowest BCUT2D eigenvalue weighted by Crippen LogP contribution is -2.24. The molecule has 2 aromatic heterocycles. The highest BCUT2D eigenvalue weighted by Crippen LogP contribution is 2.25. The molecule has 2 N–H and O–H groups in total. The molecule has 1 aliphatic heterocycles. The summed E-state index contributed by atoms with van der Waals surface area (Å²) in [6.07, 6.45) is 1.12. The first-order valence-corrected chi connectivity index (χ1v) is 7.35. The predicted octanol–water partition coefficient (Wildman–Crippen LogP) is 1.80. The average molecular weight is 286 g/mol. The van der Waals surface area contributed by atoms with E-state index in [0.29, 0.717) is 12.0 Å². The number of aryl methyl sites for hydroxylation is 2. The Morgan fingerprint density at radius 3 is 2.71 bits per heavy atom. The molecule has 21 heavy (non-hydrogen) atoms. The Hall–Kier alpha value is -1.95. The third-order valence-electron chi connectivity index (χ3n) is 3.95. The Balaban J connectivity index is 2.00. The van der Waals surface area contributed by atoms with Gasteiger partial charge in [0.2, 0.25) is 5.95 Å². The molecule has 6 heteroatoms. The first-order chi connectivity index (χ1) is 10.1. The Bertz CT molecular complexity index is 669. The van der Waals surface area contributed by atoms with Crippen molar-refractivity contribution >= 4 is 22.8 Å². The van der Waals surface area contributed by atoms with Crippen LogP contribution in [0.25, 0.3) is 11.0 Å². The molecule has 0 aromatic carbocycles. The number of hydrogen-bond acceptors (Lipinski definition) is 6. The average Bonchev–Trinajstić information content (AvgIpc) is 2.82. The molecular weight excluding hydrogens is 264 g/mol. The lowest BCUT2D eigenvalue weighted by Gasteiger charge is -2.15. The fraction of sp³-hybridized carbons (Fsp3) is 0.533. The third kappa shape index (κ3) is 2.76. The second-order valence-corrected chi connectivity index (χ2v) is 5.82. The van der Waals surface area contributed by atoms with Gasteiger partial charge in [0, 0.05) is 25.3 Å². The van der Waals surface area contributed by atoms with Crippen molar-refractivity contribution in [3.63, 3.8) is 0 Å². The SMILES string of the molecule is CNc1nc(NC2CCN(C)C2)nc2nc(C)cc(C)c12. The fourth-order valence-corrected chi connectivity index (χ4v) is 2.96. The van der Waals surface area contributed by atoms with Crippen LogP contribution in [0.2, 0.25) is 0 Å². The van der Waals surface area contributed by atoms with Gasteiger partial charge in [0.25, 0.3) is 0 Å².